The van der Waals surface area contributed by atoms with Crippen LogP contribution in [0.15, 0.2) is 40.2 Å². The molecule has 2 aliphatic rings. The number of thioether (sulfide) groups is 1. The van der Waals surface area contributed by atoms with Gasteiger partial charge in [0.25, 0.3) is 0 Å². The van der Waals surface area contributed by atoms with Crippen molar-refractivity contribution in [3.8, 4) is 0 Å². The monoisotopic (exact) mass is 545 g/mol. The van der Waals surface area contributed by atoms with Crippen LogP contribution in [0.2, 0.25) is 0 Å². The lowest BCUT2D eigenvalue weighted by Crippen LogP contribution is -2.42. The van der Waals surface area contributed by atoms with Crippen LogP contribution < -0.4 is 5.32 Å². The summed E-state index contributed by atoms with van der Waals surface area (Å²) in [6.07, 6.45) is 3.89. The van der Waals surface area contributed by atoms with E-state index in [1.807, 2.05) is 17.8 Å². The first-order chi connectivity index (χ1) is 14.1. The molecule has 2 aliphatic heterocycles. The molecule has 2 saturated heterocycles. The Morgan fingerprint density at radius 2 is 1.93 bits per heavy atom. The maximum Gasteiger partial charge on any atom is 0.243 e. The largest absolute Gasteiger partial charge is 0.355 e. The molecule has 30 heavy (non-hydrogen) atoms. The number of amides is 1. The fourth-order valence-electron chi connectivity index (χ4n) is 3.90. The van der Waals surface area contributed by atoms with Crippen molar-refractivity contribution in [1.29, 1.82) is 0 Å². The molecule has 6 nitrogen and oxygen atoms in total. The Morgan fingerprint density at radius 3 is 2.63 bits per heavy atom. The summed E-state index contributed by atoms with van der Waals surface area (Å²) in [5.74, 6) is 2.59. The molecule has 2 fully saturated rings. The first-order valence-corrected chi connectivity index (χ1v) is 11.7. The molecule has 1 aromatic rings. The van der Waals surface area contributed by atoms with Crippen molar-refractivity contribution in [3.05, 3.63) is 30.3 Å². The highest BCUT2D eigenvalue weighted by atomic mass is 127. The predicted octanol–water partition coefficient (Wildman–Crippen LogP) is 2.85. The fourth-order valence-corrected chi connectivity index (χ4v) is 4.69. The molecule has 8 heteroatoms. The number of nitrogens with zero attached hydrogens (tertiary/aromatic N) is 4. The number of hydrogen-bond acceptors (Lipinski definition) is 4. The highest BCUT2D eigenvalue weighted by Crippen LogP contribution is 2.20. The van der Waals surface area contributed by atoms with Crippen LogP contribution in [-0.2, 0) is 4.79 Å². The third-order valence-electron chi connectivity index (χ3n) is 5.56. The minimum absolute atomic E-state index is 0. The Morgan fingerprint density at radius 1 is 1.20 bits per heavy atom. The molecule has 0 aromatic heterocycles. The highest BCUT2D eigenvalue weighted by Gasteiger charge is 2.27. The summed E-state index contributed by atoms with van der Waals surface area (Å²) in [7, 11) is 3.56. The Labute approximate surface area is 202 Å². The van der Waals surface area contributed by atoms with E-state index in [0.29, 0.717) is 5.92 Å². The number of halogens is 1. The Kier molecular flexibility index (Phi) is 11.3. The summed E-state index contributed by atoms with van der Waals surface area (Å²) in [5, 5.41) is 3.51. The lowest BCUT2D eigenvalue weighted by Gasteiger charge is -2.24. The normalized spacial score (nSPS) is 19.6. The van der Waals surface area contributed by atoms with Crippen LogP contribution in [-0.4, -0.2) is 92.2 Å². The molecule has 1 unspecified atom stereocenters. The summed E-state index contributed by atoms with van der Waals surface area (Å²) < 4.78 is 0. The van der Waals surface area contributed by atoms with Crippen molar-refractivity contribution in [2.75, 3.05) is 65.7 Å². The number of likely N-dealkylation sites (tertiary alicyclic amines) is 2. The van der Waals surface area contributed by atoms with Crippen molar-refractivity contribution in [2.45, 2.75) is 24.2 Å². The van der Waals surface area contributed by atoms with Gasteiger partial charge in [0.2, 0.25) is 5.91 Å². The van der Waals surface area contributed by atoms with Gasteiger partial charge in [0.05, 0.1) is 0 Å². The molecular weight excluding hydrogens is 509 g/mol. The quantitative estimate of drug-likeness (QED) is 0.179. The lowest BCUT2D eigenvalue weighted by molar-refractivity contribution is -0.127. The number of carbonyl (C=O) groups excluding carboxylic acids is 1. The number of likely N-dealkylation sites (N-methyl/N-ethyl adjacent to an activating group) is 1. The van der Waals surface area contributed by atoms with E-state index < -0.39 is 0 Å². The van der Waals surface area contributed by atoms with Crippen molar-refractivity contribution >= 4 is 47.6 Å². The molecule has 1 aromatic carbocycles. The molecule has 168 valence electrons. The average Bonchev–Trinajstić information content (AvgIpc) is 3.40. The Bertz CT molecular complexity index is 667. The molecule has 1 N–H and O–H groups in total. The second-order valence-electron chi connectivity index (χ2n) is 8.12. The van der Waals surface area contributed by atoms with E-state index >= 15 is 0 Å². The zero-order valence-corrected chi connectivity index (χ0v) is 21.4. The van der Waals surface area contributed by atoms with Crippen molar-refractivity contribution in [3.63, 3.8) is 0 Å². The number of aliphatic imine (C=N–C) groups is 1. The second kappa shape index (κ2) is 13.4. The summed E-state index contributed by atoms with van der Waals surface area (Å²) in [4.78, 5) is 24.5. The molecule has 2 heterocycles. The third-order valence-corrected chi connectivity index (χ3v) is 6.57. The van der Waals surface area contributed by atoms with E-state index in [0.717, 1.165) is 31.3 Å². The maximum absolute atomic E-state index is 12.0. The zero-order chi connectivity index (χ0) is 20.5. The molecule has 0 spiro atoms. The maximum atomic E-state index is 12.0. The molecule has 0 saturated carbocycles. The predicted molar refractivity (Wildman–Crippen MR) is 137 cm³/mol. The molecular formula is C22H36IN5OS. The number of carbonyl (C=O) groups is 1. The number of nitrogens with one attached hydrogen (secondary N) is 1. The topological polar surface area (TPSA) is 51.2 Å². The van der Waals surface area contributed by atoms with Crippen LogP contribution in [0.3, 0.4) is 0 Å². The summed E-state index contributed by atoms with van der Waals surface area (Å²) >= 11 is 1.84. The third kappa shape index (κ3) is 8.26. The van der Waals surface area contributed by atoms with E-state index in [1.54, 1.807) is 19.0 Å². The van der Waals surface area contributed by atoms with E-state index in [1.165, 1.54) is 43.8 Å². The highest BCUT2D eigenvalue weighted by molar-refractivity contribution is 14.0. The van der Waals surface area contributed by atoms with Gasteiger partial charge in [-0.1, -0.05) is 18.2 Å². The zero-order valence-electron chi connectivity index (χ0n) is 18.3. The van der Waals surface area contributed by atoms with E-state index in [4.69, 9.17) is 0 Å². The molecule has 0 radical (unpaired) electrons. The minimum atomic E-state index is 0. The number of hydrogen-bond donors (Lipinski definition) is 1. The van der Waals surface area contributed by atoms with Crippen molar-refractivity contribution in [1.82, 2.24) is 20.0 Å². The Balaban J connectivity index is 0.00000320. The van der Waals surface area contributed by atoms with Gasteiger partial charge in [0.15, 0.2) is 5.96 Å². The summed E-state index contributed by atoms with van der Waals surface area (Å²) in [5.41, 5.74) is 0. The van der Waals surface area contributed by atoms with Crippen LogP contribution >= 0.6 is 35.7 Å². The molecule has 0 aliphatic carbocycles. The Hall–Kier alpha value is -1.000. The number of rotatable bonds is 8. The minimum Gasteiger partial charge on any atom is -0.355 e. The molecule has 1 atom stereocenters. The van der Waals surface area contributed by atoms with Gasteiger partial charge < -0.3 is 20.0 Å². The smallest absolute Gasteiger partial charge is 0.243 e. The second-order valence-corrected chi connectivity index (χ2v) is 9.29. The average molecular weight is 546 g/mol. The number of guanidine groups is 1. The SMILES string of the molecule is CN(C)C(=O)CN=C(NCCSc1ccccc1)N1CCC(CN2CCCC2)C1.I. The van der Waals surface area contributed by atoms with Gasteiger partial charge in [-0.2, -0.15) is 0 Å². The van der Waals surface area contributed by atoms with Gasteiger partial charge in [-0.25, -0.2) is 4.99 Å². The van der Waals surface area contributed by atoms with Crippen LogP contribution in [0.4, 0.5) is 0 Å². The first-order valence-electron chi connectivity index (χ1n) is 10.8. The molecule has 0 bridgehead atoms. The standard InChI is InChI=1S/C22H35N5OS.HI/c1-25(2)21(28)16-24-22(23-11-15-29-20-8-4-3-5-9-20)27-14-10-19(18-27)17-26-12-6-7-13-26;/h3-5,8-9,19H,6-7,10-18H2,1-2H3,(H,23,24);1H. The number of benzene rings is 1. The lowest BCUT2D eigenvalue weighted by atomic mass is 10.1. The van der Waals surface area contributed by atoms with Gasteiger partial charge in [-0.05, 0) is 50.4 Å². The summed E-state index contributed by atoms with van der Waals surface area (Å²) in [6, 6.07) is 10.5. The van der Waals surface area contributed by atoms with E-state index in [-0.39, 0.29) is 36.4 Å². The molecule has 3 rings (SSSR count). The van der Waals surface area contributed by atoms with E-state index in [2.05, 4.69) is 44.4 Å². The van der Waals surface area contributed by atoms with Crippen LogP contribution in [0.25, 0.3) is 0 Å². The van der Waals surface area contributed by atoms with Gasteiger partial charge in [0.1, 0.15) is 6.54 Å². The fraction of sp³-hybridized carbons (Fsp3) is 0.636. The van der Waals surface area contributed by atoms with Gasteiger partial charge >= 0.3 is 0 Å². The van der Waals surface area contributed by atoms with Gasteiger partial charge in [-0.3, -0.25) is 4.79 Å². The van der Waals surface area contributed by atoms with Gasteiger partial charge in [0, 0.05) is 50.9 Å². The summed E-state index contributed by atoms with van der Waals surface area (Å²) in [6.45, 7) is 6.80. The van der Waals surface area contributed by atoms with Crippen LogP contribution in [0, 0.1) is 5.92 Å². The van der Waals surface area contributed by atoms with Crippen LogP contribution in [0.5, 0.6) is 0 Å². The van der Waals surface area contributed by atoms with Crippen LogP contribution in [0.1, 0.15) is 19.3 Å². The van der Waals surface area contributed by atoms with E-state index in [9.17, 15) is 4.79 Å². The van der Waals surface area contributed by atoms with Crippen molar-refractivity contribution < 1.29 is 4.79 Å². The van der Waals surface area contributed by atoms with Crippen molar-refractivity contribution in [2.24, 2.45) is 10.9 Å². The molecule has 1 amide bonds. The van der Waals surface area contributed by atoms with Gasteiger partial charge in [-0.15, -0.1) is 35.7 Å². The first kappa shape index (κ1) is 25.3.